The number of benzene rings is 3. The summed E-state index contributed by atoms with van der Waals surface area (Å²) in [4.78, 5) is 0. The van der Waals surface area contributed by atoms with E-state index in [9.17, 15) is 4.39 Å². The highest BCUT2D eigenvalue weighted by Gasteiger charge is 2.27. The van der Waals surface area contributed by atoms with Crippen LogP contribution in [0, 0.1) is 11.7 Å². The molecule has 1 heterocycles. The molecule has 0 bridgehead atoms. The summed E-state index contributed by atoms with van der Waals surface area (Å²) in [6, 6.07) is 24.8. The molecule has 1 N–H and O–H groups in total. The lowest BCUT2D eigenvalue weighted by Gasteiger charge is -2.32. The summed E-state index contributed by atoms with van der Waals surface area (Å²) in [6.07, 6.45) is 1.03. The van der Waals surface area contributed by atoms with E-state index in [0.717, 1.165) is 36.6 Å². The van der Waals surface area contributed by atoms with Crippen molar-refractivity contribution in [1.29, 1.82) is 0 Å². The monoisotopic (exact) mass is 391 g/mol. The molecule has 0 saturated carbocycles. The minimum absolute atomic E-state index is 0.190. The topological polar surface area (TPSA) is 30.5 Å². The highest BCUT2D eigenvalue weighted by molar-refractivity contribution is 5.31. The third kappa shape index (κ3) is 5.36. The SMILES string of the molecule is Fc1ccc(C2CCNCC2COc2ccc(OCc3ccccc3)cc2)cc1. The maximum Gasteiger partial charge on any atom is 0.123 e. The van der Waals surface area contributed by atoms with Crippen LogP contribution in [0.15, 0.2) is 78.9 Å². The van der Waals surface area contributed by atoms with Gasteiger partial charge in [0, 0.05) is 12.5 Å². The molecule has 2 unspecified atom stereocenters. The Morgan fingerprint density at radius 2 is 1.52 bits per heavy atom. The number of nitrogens with one attached hydrogen (secondary N) is 1. The molecule has 0 spiro atoms. The van der Waals surface area contributed by atoms with Crippen LogP contribution in [-0.2, 0) is 6.61 Å². The van der Waals surface area contributed by atoms with Crippen LogP contribution >= 0.6 is 0 Å². The zero-order valence-electron chi connectivity index (χ0n) is 16.4. The summed E-state index contributed by atoms with van der Waals surface area (Å²) < 4.78 is 25.2. The minimum Gasteiger partial charge on any atom is -0.493 e. The van der Waals surface area contributed by atoms with Crippen LogP contribution < -0.4 is 14.8 Å². The van der Waals surface area contributed by atoms with E-state index in [2.05, 4.69) is 5.32 Å². The molecular weight excluding hydrogens is 365 g/mol. The van der Waals surface area contributed by atoms with Gasteiger partial charge in [0.05, 0.1) is 6.61 Å². The van der Waals surface area contributed by atoms with E-state index in [1.165, 1.54) is 5.56 Å². The van der Waals surface area contributed by atoms with Gasteiger partial charge in [0.15, 0.2) is 0 Å². The van der Waals surface area contributed by atoms with E-state index in [1.54, 1.807) is 12.1 Å². The number of hydrogen-bond donors (Lipinski definition) is 1. The van der Waals surface area contributed by atoms with Gasteiger partial charge in [0.2, 0.25) is 0 Å². The summed E-state index contributed by atoms with van der Waals surface area (Å²) in [7, 11) is 0. The fourth-order valence-electron chi connectivity index (χ4n) is 3.82. The van der Waals surface area contributed by atoms with Crippen molar-refractivity contribution < 1.29 is 13.9 Å². The lowest BCUT2D eigenvalue weighted by atomic mass is 9.81. The molecule has 3 aromatic carbocycles. The van der Waals surface area contributed by atoms with E-state index in [0.29, 0.717) is 25.0 Å². The maximum absolute atomic E-state index is 13.3. The lowest BCUT2D eigenvalue weighted by Crippen LogP contribution is -2.38. The highest BCUT2D eigenvalue weighted by atomic mass is 19.1. The average molecular weight is 391 g/mol. The van der Waals surface area contributed by atoms with Crippen LogP contribution in [-0.4, -0.2) is 19.7 Å². The summed E-state index contributed by atoms with van der Waals surface area (Å²) in [6.45, 7) is 3.06. The first-order valence-corrected chi connectivity index (χ1v) is 10.1. The molecule has 1 aliphatic heterocycles. The third-order valence-electron chi connectivity index (χ3n) is 5.44. The van der Waals surface area contributed by atoms with Crippen LogP contribution in [0.5, 0.6) is 11.5 Å². The summed E-state index contributed by atoms with van der Waals surface area (Å²) in [5.41, 5.74) is 2.33. The van der Waals surface area contributed by atoms with Crippen LogP contribution in [0.2, 0.25) is 0 Å². The van der Waals surface area contributed by atoms with Crippen molar-refractivity contribution in [3.05, 3.63) is 95.8 Å². The molecule has 4 heteroatoms. The Balaban J connectivity index is 1.32. The second-order valence-electron chi connectivity index (χ2n) is 7.47. The van der Waals surface area contributed by atoms with E-state index in [1.807, 2.05) is 66.7 Å². The van der Waals surface area contributed by atoms with E-state index in [4.69, 9.17) is 9.47 Å². The van der Waals surface area contributed by atoms with Crippen molar-refractivity contribution in [3.63, 3.8) is 0 Å². The molecule has 150 valence electrons. The van der Waals surface area contributed by atoms with Crippen LogP contribution in [0.4, 0.5) is 4.39 Å². The normalized spacial score (nSPS) is 18.9. The molecule has 0 aliphatic carbocycles. The predicted octanol–water partition coefficient (Wildman–Crippen LogP) is 5.18. The number of rotatable bonds is 7. The summed E-state index contributed by atoms with van der Waals surface area (Å²) in [5.74, 6) is 2.20. The molecule has 0 radical (unpaired) electrons. The van der Waals surface area contributed by atoms with Crippen molar-refractivity contribution in [1.82, 2.24) is 5.32 Å². The Labute approximate surface area is 171 Å². The van der Waals surface area contributed by atoms with Gasteiger partial charge in [0.25, 0.3) is 0 Å². The van der Waals surface area contributed by atoms with Gasteiger partial charge in [-0.3, -0.25) is 0 Å². The number of halogens is 1. The second kappa shape index (κ2) is 9.57. The van der Waals surface area contributed by atoms with Gasteiger partial charge < -0.3 is 14.8 Å². The number of hydrogen-bond acceptors (Lipinski definition) is 3. The molecule has 1 saturated heterocycles. The predicted molar refractivity (Wildman–Crippen MR) is 113 cm³/mol. The fourth-order valence-corrected chi connectivity index (χ4v) is 3.82. The largest absolute Gasteiger partial charge is 0.493 e. The van der Waals surface area contributed by atoms with Gasteiger partial charge in [-0.25, -0.2) is 4.39 Å². The molecule has 2 atom stereocenters. The molecule has 1 fully saturated rings. The second-order valence-corrected chi connectivity index (χ2v) is 7.47. The van der Waals surface area contributed by atoms with E-state index in [-0.39, 0.29) is 5.82 Å². The maximum atomic E-state index is 13.3. The van der Waals surface area contributed by atoms with Crippen molar-refractivity contribution in [2.75, 3.05) is 19.7 Å². The van der Waals surface area contributed by atoms with Gasteiger partial charge in [-0.15, -0.1) is 0 Å². The summed E-state index contributed by atoms with van der Waals surface area (Å²) >= 11 is 0. The molecule has 1 aliphatic rings. The van der Waals surface area contributed by atoms with Gasteiger partial charge in [0.1, 0.15) is 23.9 Å². The molecule has 4 rings (SSSR count). The molecule has 3 nitrogen and oxygen atoms in total. The lowest BCUT2D eigenvalue weighted by molar-refractivity contribution is 0.196. The Morgan fingerprint density at radius 3 is 2.24 bits per heavy atom. The third-order valence-corrected chi connectivity index (χ3v) is 5.44. The molecular formula is C25H26FNO2. The first kappa shape index (κ1) is 19.5. The fraction of sp³-hybridized carbons (Fsp3) is 0.280. The van der Waals surface area contributed by atoms with E-state index >= 15 is 0 Å². The number of piperidine rings is 1. The molecule has 0 amide bonds. The Bertz CT molecular complexity index is 881. The van der Waals surface area contributed by atoms with Crippen molar-refractivity contribution in [3.8, 4) is 11.5 Å². The zero-order chi connectivity index (χ0) is 19.9. The molecule has 3 aromatic rings. The highest BCUT2D eigenvalue weighted by Crippen LogP contribution is 2.31. The standard InChI is InChI=1S/C25H26FNO2/c26-22-8-6-20(7-9-22)25-14-15-27-16-21(25)18-29-24-12-10-23(11-13-24)28-17-19-4-2-1-3-5-19/h1-13,21,25,27H,14-18H2. The molecule has 29 heavy (non-hydrogen) atoms. The Hall–Kier alpha value is -2.85. The van der Waals surface area contributed by atoms with Crippen LogP contribution in [0.3, 0.4) is 0 Å². The molecule has 0 aromatic heterocycles. The minimum atomic E-state index is -0.190. The van der Waals surface area contributed by atoms with Crippen molar-refractivity contribution in [2.24, 2.45) is 5.92 Å². The summed E-state index contributed by atoms with van der Waals surface area (Å²) in [5, 5.41) is 3.45. The van der Waals surface area contributed by atoms with Crippen LogP contribution in [0.1, 0.15) is 23.5 Å². The van der Waals surface area contributed by atoms with Gasteiger partial charge in [-0.1, -0.05) is 42.5 Å². The first-order chi connectivity index (χ1) is 14.3. The van der Waals surface area contributed by atoms with E-state index < -0.39 is 0 Å². The number of ether oxygens (including phenoxy) is 2. The van der Waals surface area contributed by atoms with Crippen molar-refractivity contribution in [2.45, 2.75) is 18.9 Å². The van der Waals surface area contributed by atoms with Gasteiger partial charge >= 0.3 is 0 Å². The Morgan fingerprint density at radius 1 is 0.828 bits per heavy atom. The Kier molecular flexibility index (Phi) is 6.42. The van der Waals surface area contributed by atoms with Crippen LogP contribution in [0.25, 0.3) is 0 Å². The quantitative estimate of drug-likeness (QED) is 0.602. The van der Waals surface area contributed by atoms with Crippen molar-refractivity contribution >= 4 is 0 Å². The smallest absolute Gasteiger partial charge is 0.123 e. The van der Waals surface area contributed by atoms with Gasteiger partial charge in [-0.2, -0.15) is 0 Å². The average Bonchev–Trinajstić information content (AvgIpc) is 2.78. The first-order valence-electron chi connectivity index (χ1n) is 10.1. The zero-order valence-corrected chi connectivity index (χ0v) is 16.4. The van der Waals surface area contributed by atoms with Gasteiger partial charge in [-0.05, 0) is 66.4 Å².